The van der Waals surface area contributed by atoms with Gasteiger partial charge < -0.3 is 4.74 Å². The quantitative estimate of drug-likeness (QED) is 0.298. The van der Waals surface area contributed by atoms with Crippen LogP contribution in [0.25, 0.3) is 21.5 Å². The minimum Gasteiger partial charge on any atom is -0.462 e. The Balaban J connectivity index is 2.21. The number of unbranched alkanes of at least 4 members (excludes halogenated alkanes) is 1. The Hall–Kier alpha value is -3.37. The van der Waals surface area contributed by atoms with Crippen LogP contribution in [0, 0.1) is 17.9 Å². The van der Waals surface area contributed by atoms with Gasteiger partial charge in [-0.25, -0.2) is 14.9 Å². The molecule has 0 atom stereocenters. The average Bonchev–Trinajstić information content (AvgIpc) is 2.98. The minimum atomic E-state index is -0.373. The van der Waals surface area contributed by atoms with Crippen LogP contribution in [-0.4, -0.2) is 12.6 Å². The Morgan fingerprint density at radius 3 is 2.56 bits per heavy atom. The molecule has 0 amide bonds. The summed E-state index contributed by atoms with van der Waals surface area (Å²) in [7, 11) is 0. The molecular formula is C21H16N2O2. The minimum absolute atomic E-state index is 0.0303. The van der Waals surface area contributed by atoms with Gasteiger partial charge in [0, 0.05) is 11.1 Å². The zero-order valence-corrected chi connectivity index (χ0v) is 13.9. The van der Waals surface area contributed by atoms with Gasteiger partial charge in [0.05, 0.1) is 24.8 Å². The first-order valence-corrected chi connectivity index (χ1v) is 8.15. The van der Waals surface area contributed by atoms with Crippen molar-refractivity contribution >= 4 is 11.5 Å². The van der Waals surface area contributed by atoms with Crippen molar-refractivity contribution in [3.63, 3.8) is 0 Å². The van der Waals surface area contributed by atoms with Crippen molar-refractivity contribution in [2.75, 3.05) is 6.61 Å². The number of esters is 1. The molecule has 0 spiro atoms. The van der Waals surface area contributed by atoms with Gasteiger partial charge in [0.15, 0.2) is 0 Å². The molecule has 0 aromatic heterocycles. The van der Waals surface area contributed by atoms with Crippen molar-refractivity contribution < 1.29 is 9.53 Å². The van der Waals surface area contributed by atoms with Gasteiger partial charge in [-0.2, -0.15) is 0 Å². The van der Waals surface area contributed by atoms with Crippen molar-refractivity contribution in [2.45, 2.75) is 19.8 Å². The standard InChI is InChI=1S/C21H16N2O2/c1-3-4-12-25-21(24)17-11-7-10-16-19(17)14-8-5-6-9-15(14)20(16)18(13-22)23-2/h5-11H,3-4,12H2,1H3/b20-18+. The van der Waals surface area contributed by atoms with Gasteiger partial charge in [-0.3, -0.25) is 0 Å². The maximum absolute atomic E-state index is 12.5. The first-order chi connectivity index (χ1) is 12.2. The highest BCUT2D eigenvalue weighted by molar-refractivity contribution is 6.10. The Labute approximate surface area is 146 Å². The largest absolute Gasteiger partial charge is 0.462 e. The van der Waals surface area contributed by atoms with E-state index in [-0.39, 0.29) is 11.7 Å². The lowest BCUT2D eigenvalue weighted by Crippen LogP contribution is -2.08. The van der Waals surface area contributed by atoms with Crippen LogP contribution in [0.3, 0.4) is 0 Å². The van der Waals surface area contributed by atoms with Crippen LogP contribution in [0.4, 0.5) is 0 Å². The van der Waals surface area contributed by atoms with Crippen LogP contribution in [0.1, 0.15) is 41.3 Å². The summed E-state index contributed by atoms with van der Waals surface area (Å²) in [6.07, 6.45) is 1.77. The van der Waals surface area contributed by atoms with Gasteiger partial charge in [-0.05, 0) is 29.2 Å². The molecule has 0 unspecified atom stereocenters. The zero-order chi connectivity index (χ0) is 17.8. The van der Waals surface area contributed by atoms with Crippen molar-refractivity contribution in [3.8, 4) is 17.2 Å². The van der Waals surface area contributed by atoms with Crippen LogP contribution in [0.15, 0.2) is 48.2 Å². The summed E-state index contributed by atoms with van der Waals surface area (Å²) in [6.45, 7) is 9.73. The highest BCUT2D eigenvalue weighted by Gasteiger charge is 2.30. The molecule has 2 aromatic carbocycles. The SMILES string of the molecule is [C-]#[N+]/C(C#N)=C1\c2ccccc2-c2c(C(=O)OCCCC)cccc21. The summed E-state index contributed by atoms with van der Waals surface area (Å²) < 4.78 is 5.38. The third kappa shape index (κ3) is 2.79. The number of rotatable bonds is 4. The van der Waals surface area contributed by atoms with Gasteiger partial charge in [-0.1, -0.05) is 49.7 Å². The predicted molar refractivity (Wildman–Crippen MR) is 95.3 cm³/mol. The molecule has 0 N–H and O–H groups in total. The topological polar surface area (TPSA) is 54.5 Å². The number of fused-ring (bicyclic) bond motifs is 3. The molecule has 2 aromatic rings. The van der Waals surface area contributed by atoms with E-state index >= 15 is 0 Å². The molecular weight excluding hydrogens is 312 g/mol. The van der Waals surface area contributed by atoms with Crippen LogP contribution >= 0.6 is 0 Å². The molecule has 0 saturated heterocycles. The molecule has 122 valence electrons. The molecule has 0 heterocycles. The van der Waals surface area contributed by atoms with Gasteiger partial charge in [0.25, 0.3) is 5.70 Å². The van der Waals surface area contributed by atoms with Crippen LogP contribution in [-0.2, 0) is 4.74 Å². The number of carbonyl (C=O) groups is 1. The summed E-state index contributed by atoms with van der Waals surface area (Å²) in [5.74, 6) is -0.373. The smallest absolute Gasteiger partial charge is 0.338 e. The second-order valence-electron chi connectivity index (χ2n) is 5.71. The molecule has 3 rings (SSSR count). The Morgan fingerprint density at radius 2 is 1.88 bits per heavy atom. The van der Waals surface area contributed by atoms with E-state index in [4.69, 9.17) is 11.3 Å². The lowest BCUT2D eigenvalue weighted by atomic mass is 9.99. The number of nitriles is 1. The first kappa shape index (κ1) is 16.5. The fourth-order valence-corrected chi connectivity index (χ4v) is 3.06. The van der Waals surface area contributed by atoms with Gasteiger partial charge >= 0.3 is 5.97 Å². The Kier molecular flexibility index (Phi) is 4.64. The average molecular weight is 328 g/mol. The number of carbonyl (C=O) groups excluding carboxylic acids is 1. The van der Waals surface area contributed by atoms with E-state index in [1.165, 1.54) is 0 Å². The molecule has 0 aliphatic heterocycles. The second kappa shape index (κ2) is 7.03. The van der Waals surface area contributed by atoms with Gasteiger partial charge in [0.1, 0.15) is 0 Å². The molecule has 0 saturated carbocycles. The number of benzene rings is 2. The molecule has 4 nitrogen and oxygen atoms in total. The molecule has 4 heteroatoms. The molecule has 0 radical (unpaired) electrons. The van der Waals surface area contributed by atoms with Crippen LogP contribution in [0.5, 0.6) is 0 Å². The fourth-order valence-electron chi connectivity index (χ4n) is 3.06. The van der Waals surface area contributed by atoms with Crippen molar-refractivity contribution in [1.82, 2.24) is 0 Å². The Morgan fingerprint density at radius 1 is 1.16 bits per heavy atom. The number of nitrogens with zero attached hydrogens (tertiary/aromatic N) is 2. The molecule has 1 aliphatic rings. The summed E-state index contributed by atoms with van der Waals surface area (Å²) in [6, 6.07) is 14.8. The third-order valence-corrected chi connectivity index (χ3v) is 4.21. The van der Waals surface area contributed by atoms with E-state index in [9.17, 15) is 10.1 Å². The van der Waals surface area contributed by atoms with Crippen LogP contribution < -0.4 is 0 Å². The normalized spacial score (nSPS) is 13.2. The van der Waals surface area contributed by atoms with Crippen molar-refractivity contribution in [1.29, 1.82) is 5.26 Å². The number of hydrogen-bond acceptors (Lipinski definition) is 3. The van der Waals surface area contributed by atoms with E-state index in [0.29, 0.717) is 17.7 Å². The second-order valence-corrected chi connectivity index (χ2v) is 5.71. The third-order valence-electron chi connectivity index (χ3n) is 4.21. The van der Waals surface area contributed by atoms with E-state index in [1.54, 1.807) is 12.1 Å². The summed E-state index contributed by atoms with van der Waals surface area (Å²) in [4.78, 5) is 15.9. The van der Waals surface area contributed by atoms with Crippen molar-refractivity contribution in [3.05, 3.63) is 76.3 Å². The number of hydrogen-bond donors (Lipinski definition) is 0. The molecule has 1 aliphatic carbocycles. The van der Waals surface area contributed by atoms with E-state index in [2.05, 4.69) is 4.85 Å². The zero-order valence-electron chi connectivity index (χ0n) is 13.9. The highest BCUT2D eigenvalue weighted by Crippen LogP contribution is 2.47. The first-order valence-electron chi connectivity index (χ1n) is 8.15. The van der Waals surface area contributed by atoms with Crippen LogP contribution in [0.2, 0.25) is 0 Å². The summed E-state index contributed by atoms with van der Waals surface area (Å²) in [5.41, 5.74) is 4.22. The lowest BCUT2D eigenvalue weighted by Gasteiger charge is -2.09. The number of allylic oxidation sites excluding steroid dienone is 1. The van der Waals surface area contributed by atoms with E-state index in [0.717, 1.165) is 35.1 Å². The Bertz CT molecular complexity index is 943. The summed E-state index contributed by atoms with van der Waals surface area (Å²) >= 11 is 0. The molecule has 0 fully saturated rings. The molecule has 0 bridgehead atoms. The monoisotopic (exact) mass is 328 g/mol. The van der Waals surface area contributed by atoms with Crippen molar-refractivity contribution in [2.24, 2.45) is 0 Å². The summed E-state index contributed by atoms with van der Waals surface area (Å²) in [5, 5.41) is 9.35. The van der Waals surface area contributed by atoms with E-state index < -0.39 is 0 Å². The predicted octanol–water partition coefficient (Wildman–Crippen LogP) is 4.83. The molecule has 25 heavy (non-hydrogen) atoms. The highest BCUT2D eigenvalue weighted by atomic mass is 16.5. The number of ether oxygens (including phenoxy) is 1. The fraction of sp³-hybridized carbons (Fsp3) is 0.190. The lowest BCUT2D eigenvalue weighted by molar-refractivity contribution is 0.0500. The maximum Gasteiger partial charge on any atom is 0.338 e. The maximum atomic E-state index is 12.5. The van der Waals surface area contributed by atoms with Gasteiger partial charge in [-0.15, -0.1) is 0 Å². The van der Waals surface area contributed by atoms with E-state index in [1.807, 2.05) is 43.3 Å². The van der Waals surface area contributed by atoms with Gasteiger partial charge in [0.2, 0.25) is 0 Å².